The van der Waals surface area contributed by atoms with Crippen LogP contribution in [0.2, 0.25) is 5.02 Å². The number of nitrogens with two attached hydrogens (primary N) is 1. The van der Waals surface area contributed by atoms with Crippen LogP contribution in [0.25, 0.3) is 0 Å². The Labute approximate surface area is 96.1 Å². The number of hydrogen-bond donors (Lipinski definition) is 1. The van der Waals surface area contributed by atoms with Crippen molar-refractivity contribution < 1.29 is 17.9 Å². The largest absolute Gasteiger partial charge is 0.483 e. The molecule has 0 radical (unpaired) electrons. The third-order valence-electron chi connectivity index (χ3n) is 1.82. The predicted molar refractivity (Wildman–Crippen MR) is 55.8 cm³/mol. The predicted octanol–water partition coefficient (Wildman–Crippen LogP) is 2.78. The van der Waals surface area contributed by atoms with E-state index in [0.29, 0.717) is 13.0 Å². The average Bonchev–Trinajstić information content (AvgIpc) is 2.15. The number of alkyl halides is 3. The highest BCUT2D eigenvalue weighted by Gasteiger charge is 2.28. The quantitative estimate of drug-likeness (QED) is 0.896. The molecule has 6 heteroatoms. The zero-order valence-electron chi connectivity index (χ0n) is 8.35. The SMILES string of the molecule is NCCc1ccc(OCC(F)(F)F)c(Cl)c1. The third-order valence-corrected chi connectivity index (χ3v) is 2.12. The number of hydrogen-bond acceptors (Lipinski definition) is 2. The summed E-state index contributed by atoms with van der Waals surface area (Å²) in [6, 6.07) is 4.61. The molecule has 0 aliphatic heterocycles. The smallest absolute Gasteiger partial charge is 0.422 e. The van der Waals surface area contributed by atoms with Crippen LogP contribution >= 0.6 is 11.6 Å². The lowest BCUT2D eigenvalue weighted by molar-refractivity contribution is -0.153. The lowest BCUT2D eigenvalue weighted by Gasteiger charge is -2.11. The molecular weight excluding hydrogens is 243 g/mol. The molecule has 0 heterocycles. The molecular formula is C10H11ClF3NO. The number of benzene rings is 1. The third kappa shape index (κ3) is 4.28. The summed E-state index contributed by atoms with van der Waals surface area (Å²) in [7, 11) is 0. The van der Waals surface area contributed by atoms with Gasteiger partial charge in [-0.15, -0.1) is 0 Å². The molecule has 0 atom stereocenters. The molecule has 0 unspecified atom stereocenters. The van der Waals surface area contributed by atoms with E-state index < -0.39 is 12.8 Å². The van der Waals surface area contributed by atoms with Gasteiger partial charge in [0.1, 0.15) is 5.75 Å². The minimum absolute atomic E-state index is 0.0276. The summed E-state index contributed by atoms with van der Waals surface area (Å²) < 4.78 is 40.2. The Morgan fingerprint density at radius 1 is 1.31 bits per heavy atom. The van der Waals surface area contributed by atoms with Gasteiger partial charge in [-0.05, 0) is 30.7 Å². The van der Waals surface area contributed by atoms with Crippen LogP contribution in [0.1, 0.15) is 5.56 Å². The van der Waals surface area contributed by atoms with E-state index in [9.17, 15) is 13.2 Å². The lowest BCUT2D eigenvalue weighted by Crippen LogP contribution is -2.19. The Hall–Kier alpha value is -0.940. The van der Waals surface area contributed by atoms with Gasteiger partial charge in [0.2, 0.25) is 0 Å². The minimum atomic E-state index is -4.36. The zero-order chi connectivity index (χ0) is 12.2. The maximum atomic E-state index is 11.9. The van der Waals surface area contributed by atoms with Crippen LogP contribution in [0, 0.1) is 0 Å². The van der Waals surface area contributed by atoms with Gasteiger partial charge < -0.3 is 10.5 Å². The van der Waals surface area contributed by atoms with Gasteiger partial charge in [-0.2, -0.15) is 13.2 Å². The second kappa shape index (κ2) is 5.41. The fourth-order valence-electron chi connectivity index (χ4n) is 1.14. The van der Waals surface area contributed by atoms with E-state index in [0.717, 1.165) is 5.56 Å². The number of halogens is 4. The molecule has 2 nitrogen and oxygen atoms in total. The number of ether oxygens (including phenoxy) is 1. The summed E-state index contributed by atoms with van der Waals surface area (Å²) in [5, 5.41) is 0.162. The van der Waals surface area contributed by atoms with Crippen LogP contribution in [-0.4, -0.2) is 19.3 Å². The van der Waals surface area contributed by atoms with Crippen LogP contribution in [0.3, 0.4) is 0 Å². The van der Waals surface area contributed by atoms with Gasteiger partial charge in [-0.25, -0.2) is 0 Å². The molecule has 0 aliphatic rings. The summed E-state index contributed by atoms with van der Waals surface area (Å²) in [5.41, 5.74) is 6.21. The van der Waals surface area contributed by atoms with E-state index in [2.05, 4.69) is 4.74 Å². The van der Waals surface area contributed by atoms with Crippen molar-refractivity contribution in [2.24, 2.45) is 5.73 Å². The van der Waals surface area contributed by atoms with Crippen molar-refractivity contribution >= 4 is 11.6 Å². The maximum Gasteiger partial charge on any atom is 0.422 e. The van der Waals surface area contributed by atoms with Crippen LogP contribution < -0.4 is 10.5 Å². The van der Waals surface area contributed by atoms with Crippen molar-refractivity contribution in [3.05, 3.63) is 28.8 Å². The second-order valence-corrected chi connectivity index (χ2v) is 3.61. The van der Waals surface area contributed by atoms with Gasteiger partial charge in [0, 0.05) is 0 Å². The minimum Gasteiger partial charge on any atom is -0.483 e. The molecule has 0 saturated carbocycles. The summed E-state index contributed by atoms with van der Waals surface area (Å²) in [5.74, 6) is 0.0276. The van der Waals surface area contributed by atoms with Gasteiger partial charge in [0.05, 0.1) is 5.02 Å². The van der Waals surface area contributed by atoms with Gasteiger partial charge in [-0.1, -0.05) is 17.7 Å². The first-order valence-corrected chi connectivity index (χ1v) is 4.98. The Balaban J connectivity index is 2.68. The van der Waals surface area contributed by atoms with Gasteiger partial charge in [0.25, 0.3) is 0 Å². The van der Waals surface area contributed by atoms with Crippen molar-refractivity contribution in [1.82, 2.24) is 0 Å². The molecule has 90 valence electrons. The van der Waals surface area contributed by atoms with Crippen LogP contribution in [0.15, 0.2) is 18.2 Å². The highest BCUT2D eigenvalue weighted by atomic mass is 35.5. The first-order valence-electron chi connectivity index (χ1n) is 4.60. The Morgan fingerprint density at radius 3 is 2.50 bits per heavy atom. The van der Waals surface area contributed by atoms with E-state index in [4.69, 9.17) is 17.3 Å². The first-order chi connectivity index (χ1) is 7.42. The summed E-state index contributed by atoms with van der Waals surface area (Å²) in [6.45, 7) is -0.887. The first kappa shape index (κ1) is 13.1. The van der Waals surface area contributed by atoms with Gasteiger partial charge >= 0.3 is 6.18 Å². The molecule has 0 bridgehead atoms. The van der Waals surface area contributed by atoms with Gasteiger partial charge in [0.15, 0.2) is 6.61 Å². The van der Waals surface area contributed by atoms with Crippen molar-refractivity contribution in [2.75, 3.05) is 13.2 Å². The molecule has 0 fully saturated rings. The number of rotatable bonds is 4. The van der Waals surface area contributed by atoms with Gasteiger partial charge in [-0.3, -0.25) is 0 Å². The van der Waals surface area contributed by atoms with Crippen molar-refractivity contribution in [3.8, 4) is 5.75 Å². The molecule has 0 saturated heterocycles. The van der Waals surface area contributed by atoms with Crippen LogP contribution in [-0.2, 0) is 6.42 Å². The van der Waals surface area contributed by atoms with E-state index >= 15 is 0 Å². The molecule has 0 spiro atoms. The molecule has 1 aromatic rings. The standard InChI is InChI=1S/C10H11ClF3NO/c11-8-5-7(3-4-15)1-2-9(8)16-6-10(12,13)14/h1-2,5H,3-4,6,15H2. The Kier molecular flexibility index (Phi) is 4.44. The van der Waals surface area contributed by atoms with Crippen LogP contribution in [0.5, 0.6) is 5.75 Å². The summed E-state index contributed by atoms with van der Waals surface area (Å²) in [4.78, 5) is 0. The molecule has 1 aromatic carbocycles. The normalized spacial score (nSPS) is 11.6. The van der Waals surface area contributed by atoms with E-state index in [1.165, 1.54) is 6.07 Å². The molecule has 1 rings (SSSR count). The molecule has 0 aromatic heterocycles. The summed E-state index contributed by atoms with van der Waals surface area (Å²) >= 11 is 5.76. The second-order valence-electron chi connectivity index (χ2n) is 3.21. The fourth-order valence-corrected chi connectivity index (χ4v) is 1.40. The highest BCUT2D eigenvalue weighted by Crippen LogP contribution is 2.27. The van der Waals surface area contributed by atoms with Crippen molar-refractivity contribution in [1.29, 1.82) is 0 Å². The Morgan fingerprint density at radius 2 is 2.00 bits per heavy atom. The molecule has 0 amide bonds. The lowest BCUT2D eigenvalue weighted by atomic mass is 10.1. The molecule has 2 N–H and O–H groups in total. The fraction of sp³-hybridized carbons (Fsp3) is 0.400. The average molecular weight is 254 g/mol. The zero-order valence-corrected chi connectivity index (χ0v) is 9.11. The molecule has 16 heavy (non-hydrogen) atoms. The highest BCUT2D eigenvalue weighted by molar-refractivity contribution is 6.32. The van der Waals surface area contributed by atoms with Crippen molar-refractivity contribution in [2.45, 2.75) is 12.6 Å². The van der Waals surface area contributed by atoms with Crippen LogP contribution in [0.4, 0.5) is 13.2 Å². The van der Waals surface area contributed by atoms with E-state index in [1.54, 1.807) is 12.1 Å². The monoisotopic (exact) mass is 253 g/mol. The topological polar surface area (TPSA) is 35.2 Å². The van der Waals surface area contributed by atoms with Crippen molar-refractivity contribution in [3.63, 3.8) is 0 Å². The summed E-state index contributed by atoms with van der Waals surface area (Å²) in [6.07, 6.45) is -3.74. The maximum absolute atomic E-state index is 11.9. The van der Waals surface area contributed by atoms with E-state index in [-0.39, 0.29) is 10.8 Å². The Bertz CT molecular complexity index is 354. The molecule has 0 aliphatic carbocycles. The van der Waals surface area contributed by atoms with E-state index in [1.807, 2.05) is 0 Å².